The summed E-state index contributed by atoms with van der Waals surface area (Å²) in [4.78, 5) is 12.3. The van der Waals surface area contributed by atoms with Gasteiger partial charge in [-0.1, -0.05) is 12.1 Å². The van der Waals surface area contributed by atoms with Crippen LogP contribution in [-0.4, -0.2) is 25.9 Å². The maximum absolute atomic E-state index is 13.8. The summed E-state index contributed by atoms with van der Waals surface area (Å²) in [6, 6.07) is 7.99. The van der Waals surface area contributed by atoms with Crippen molar-refractivity contribution in [2.45, 2.75) is 13.8 Å². The number of benzene rings is 1. The average Bonchev–Trinajstić information content (AvgIpc) is 3.06. The molecule has 0 saturated carbocycles. The number of hydrogen-bond donors (Lipinski definition) is 2. The van der Waals surface area contributed by atoms with Crippen LogP contribution >= 0.6 is 0 Å². The predicted molar refractivity (Wildman–Crippen MR) is 79.5 cm³/mol. The lowest BCUT2D eigenvalue weighted by Crippen LogP contribution is -2.13. The predicted octanol–water partition coefficient (Wildman–Crippen LogP) is 2.60. The van der Waals surface area contributed by atoms with Gasteiger partial charge in [0.2, 0.25) is 0 Å². The lowest BCUT2D eigenvalue weighted by atomic mass is 10.2. The van der Waals surface area contributed by atoms with Crippen molar-refractivity contribution >= 4 is 11.7 Å². The van der Waals surface area contributed by atoms with Crippen LogP contribution in [0.2, 0.25) is 0 Å². The minimum Gasteiger partial charge on any atom is -0.305 e. The summed E-state index contributed by atoms with van der Waals surface area (Å²) in [5.74, 6) is -0.310. The number of aromatic nitrogens is 4. The summed E-state index contributed by atoms with van der Waals surface area (Å²) in [5, 5.41) is 13.5. The Hall–Kier alpha value is -2.96. The first-order valence-corrected chi connectivity index (χ1v) is 6.69. The van der Waals surface area contributed by atoms with E-state index in [-0.39, 0.29) is 5.91 Å². The molecule has 0 aliphatic rings. The first kappa shape index (κ1) is 14.0. The van der Waals surface area contributed by atoms with Gasteiger partial charge in [-0.05, 0) is 26.0 Å². The van der Waals surface area contributed by atoms with E-state index in [9.17, 15) is 9.18 Å². The molecular weight excluding hydrogens is 285 g/mol. The molecule has 3 aromatic rings. The molecule has 0 aliphatic carbocycles. The number of hydrogen-bond acceptors (Lipinski definition) is 3. The van der Waals surface area contributed by atoms with Crippen LogP contribution in [0.4, 0.5) is 10.2 Å². The van der Waals surface area contributed by atoms with Crippen LogP contribution in [0.5, 0.6) is 0 Å². The second kappa shape index (κ2) is 5.44. The van der Waals surface area contributed by atoms with E-state index in [1.807, 2.05) is 6.92 Å². The average molecular weight is 299 g/mol. The highest BCUT2D eigenvalue weighted by Crippen LogP contribution is 2.18. The van der Waals surface area contributed by atoms with Crippen LogP contribution in [-0.2, 0) is 0 Å². The number of para-hydroxylation sites is 1. The Morgan fingerprint density at radius 3 is 2.77 bits per heavy atom. The molecule has 6 nitrogen and oxygen atoms in total. The van der Waals surface area contributed by atoms with Crippen LogP contribution < -0.4 is 5.32 Å². The third-order valence-electron chi connectivity index (χ3n) is 3.28. The van der Waals surface area contributed by atoms with E-state index in [0.717, 1.165) is 5.69 Å². The van der Waals surface area contributed by atoms with Crippen molar-refractivity contribution in [2.24, 2.45) is 0 Å². The number of amides is 1. The third kappa shape index (κ3) is 2.48. The molecule has 0 bridgehead atoms. The van der Waals surface area contributed by atoms with Gasteiger partial charge in [-0.15, -0.1) is 0 Å². The number of rotatable bonds is 3. The van der Waals surface area contributed by atoms with Gasteiger partial charge in [-0.2, -0.15) is 10.2 Å². The second-order valence-corrected chi connectivity index (χ2v) is 4.90. The number of nitrogens with one attached hydrogen (secondary N) is 2. The number of carbonyl (C=O) groups is 1. The van der Waals surface area contributed by atoms with Crippen molar-refractivity contribution in [3.05, 3.63) is 59.3 Å². The zero-order valence-electron chi connectivity index (χ0n) is 12.1. The first-order chi connectivity index (χ1) is 10.6. The van der Waals surface area contributed by atoms with Crippen LogP contribution in [0.15, 0.2) is 36.5 Å². The van der Waals surface area contributed by atoms with Crippen molar-refractivity contribution in [1.82, 2.24) is 20.0 Å². The number of carbonyl (C=O) groups excluding carboxylic acids is 1. The number of anilines is 1. The van der Waals surface area contributed by atoms with E-state index in [1.54, 1.807) is 31.2 Å². The SMILES string of the molecule is Cc1cc(NC(=O)c2cnn(-c3ccccc3F)c2C)n[nH]1. The molecule has 22 heavy (non-hydrogen) atoms. The Labute approximate surface area is 126 Å². The monoisotopic (exact) mass is 299 g/mol. The fourth-order valence-corrected chi connectivity index (χ4v) is 2.16. The molecule has 2 heterocycles. The second-order valence-electron chi connectivity index (χ2n) is 4.90. The largest absolute Gasteiger partial charge is 0.305 e. The van der Waals surface area contributed by atoms with E-state index in [2.05, 4.69) is 20.6 Å². The van der Waals surface area contributed by atoms with Crippen molar-refractivity contribution < 1.29 is 9.18 Å². The van der Waals surface area contributed by atoms with E-state index in [0.29, 0.717) is 22.8 Å². The zero-order chi connectivity index (χ0) is 15.7. The highest BCUT2D eigenvalue weighted by atomic mass is 19.1. The van der Waals surface area contributed by atoms with Crippen LogP contribution in [0.1, 0.15) is 21.7 Å². The highest BCUT2D eigenvalue weighted by Gasteiger charge is 2.17. The fraction of sp³-hybridized carbons (Fsp3) is 0.133. The molecule has 0 radical (unpaired) electrons. The van der Waals surface area contributed by atoms with Gasteiger partial charge in [0, 0.05) is 11.8 Å². The molecule has 0 atom stereocenters. The summed E-state index contributed by atoms with van der Waals surface area (Å²) in [5.41, 5.74) is 2.06. The smallest absolute Gasteiger partial charge is 0.260 e. The minimum atomic E-state index is -0.399. The first-order valence-electron chi connectivity index (χ1n) is 6.69. The fourth-order valence-electron chi connectivity index (χ4n) is 2.16. The quantitative estimate of drug-likeness (QED) is 0.780. The van der Waals surface area contributed by atoms with Crippen molar-refractivity contribution in [3.8, 4) is 5.69 Å². The summed E-state index contributed by atoms with van der Waals surface area (Å²) in [6.45, 7) is 3.55. The summed E-state index contributed by atoms with van der Waals surface area (Å²) in [7, 11) is 0. The molecule has 2 N–H and O–H groups in total. The maximum Gasteiger partial charge on any atom is 0.260 e. The Bertz CT molecular complexity index is 836. The Kier molecular flexibility index (Phi) is 3.46. The number of halogens is 1. The lowest BCUT2D eigenvalue weighted by Gasteiger charge is -2.06. The molecule has 0 aliphatic heterocycles. The molecule has 0 unspecified atom stereocenters. The van der Waals surface area contributed by atoms with Gasteiger partial charge in [-0.25, -0.2) is 9.07 Å². The van der Waals surface area contributed by atoms with E-state index >= 15 is 0 Å². The molecule has 3 rings (SSSR count). The van der Waals surface area contributed by atoms with Crippen LogP contribution in [0.3, 0.4) is 0 Å². The van der Waals surface area contributed by atoms with Crippen LogP contribution in [0, 0.1) is 19.7 Å². The normalized spacial score (nSPS) is 10.7. The standard InChI is InChI=1S/C15H14FN5O/c1-9-7-14(20-19-9)18-15(22)11-8-17-21(10(11)2)13-6-4-3-5-12(13)16/h3-8H,1-2H3,(H2,18,19,20,22). The molecule has 0 spiro atoms. The Balaban J connectivity index is 1.90. The number of aromatic amines is 1. The molecular formula is C15H14FN5O. The van der Waals surface area contributed by atoms with E-state index in [1.165, 1.54) is 16.9 Å². The zero-order valence-corrected chi connectivity index (χ0v) is 12.1. The number of H-pyrrole nitrogens is 1. The third-order valence-corrected chi connectivity index (χ3v) is 3.28. The molecule has 2 aromatic heterocycles. The lowest BCUT2D eigenvalue weighted by molar-refractivity contribution is 0.102. The van der Waals surface area contributed by atoms with Gasteiger partial charge in [0.15, 0.2) is 5.82 Å². The Morgan fingerprint density at radius 2 is 2.09 bits per heavy atom. The van der Waals surface area contributed by atoms with Gasteiger partial charge in [0.1, 0.15) is 11.5 Å². The molecule has 112 valence electrons. The molecule has 7 heteroatoms. The van der Waals surface area contributed by atoms with Crippen molar-refractivity contribution in [1.29, 1.82) is 0 Å². The minimum absolute atomic E-state index is 0.301. The van der Waals surface area contributed by atoms with Crippen LogP contribution in [0.25, 0.3) is 5.69 Å². The van der Waals surface area contributed by atoms with Crippen molar-refractivity contribution in [2.75, 3.05) is 5.32 Å². The highest BCUT2D eigenvalue weighted by molar-refractivity contribution is 6.04. The summed E-state index contributed by atoms with van der Waals surface area (Å²) >= 11 is 0. The van der Waals surface area contributed by atoms with Gasteiger partial charge in [-0.3, -0.25) is 9.89 Å². The van der Waals surface area contributed by atoms with E-state index in [4.69, 9.17) is 0 Å². The molecule has 0 fully saturated rings. The molecule has 0 saturated heterocycles. The number of nitrogens with zero attached hydrogens (tertiary/aromatic N) is 3. The van der Waals surface area contributed by atoms with E-state index < -0.39 is 5.82 Å². The van der Waals surface area contributed by atoms with Gasteiger partial charge >= 0.3 is 0 Å². The van der Waals surface area contributed by atoms with Gasteiger partial charge in [0.05, 0.1) is 17.5 Å². The van der Waals surface area contributed by atoms with Crippen molar-refractivity contribution in [3.63, 3.8) is 0 Å². The maximum atomic E-state index is 13.8. The number of aryl methyl sites for hydroxylation is 1. The Morgan fingerprint density at radius 1 is 1.32 bits per heavy atom. The van der Waals surface area contributed by atoms with Gasteiger partial charge < -0.3 is 5.32 Å². The summed E-state index contributed by atoms with van der Waals surface area (Å²) < 4.78 is 15.2. The molecule has 1 amide bonds. The summed E-state index contributed by atoms with van der Waals surface area (Å²) in [6.07, 6.45) is 1.41. The topological polar surface area (TPSA) is 75.6 Å². The van der Waals surface area contributed by atoms with Gasteiger partial charge in [0.25, 0.3) is 5.91 Å². The molecule has 1 aromatic carbocycles.